The Hall–Kier alpha value is -0.580. The lowest BCUT2D eigenvalue weighted by Crippen LogP contribution is -2.48. The van der Waals surface area contributed by atoms with Crippen molar-refractivity contribution in [3.8, 4) is 0 Å². The molecule has 5 heteroatoms. The van der Waals surface area contributed by atoms with Gasteiger partial charge in [-0.2, -0.15) is 0 Å². The molecule has 0 saturated heterocycles. The number of benzene rings is 1. The maximum atomic E-state index is 5.95. The number of aromatic nitrogens is 2. The fraction of sp³-hybridized carbons (Fsp3) is 0.579. The van der Waals surface area contributed by atoms with Crippen LogP contribution in [0.3, 0.4) is 0 Å². The lowest BCUT2D eigenvalue weighted by molar-refractivity contribution is -0.00556. The normalized spacial score (nSPS) is 34.0. The van der Waals surface area contributed by atoms with E-state index in [1.54, 1.807) is 11.8 Å². The van der Waals surface area contributed by atoms with Crippen LogP contribution < -0.4 is 0 Å². The van der Waals surface area contributed by atoms with Crippen LogP contribution in [0.5, 0.6) is 0 Å². The molecule has 4 saturated carbocycles. The minimum atomic E-state index is 0.380. The first-order chi connectivity index (χ1) is 11.7. The summed E-state index contributed by atoms with van der Waals surface area (Å²) in [6, 6.07) is 8.10. The fourth-order valence-electron chi connectivity index (χ4n) is 5.58. The highest BCUT2D eigenvalue weighted by atomic mass is 35.5. The molecule has 0 atom stereocenters. The Morgan fingerprint density at radius 1 is 1.00 bits per heavy atom. The molecule has 0 N–H and O–H groups in total. The van der Waals surface area contributed by atoms with Crippen LogP contribution in [0, 0.1) is 17.8 Å². The first-order valence-corrected chi connectivity index (χ1v) is 11.1. The fourth-order valence-corrected chi connectivity index (χ4v) is 7.73. The van der Waals surface area contributed by atoms with E-state index in [-0.39, 0.29) is 0 Å². The van der Waals surface area contributed by atoms with Gasteiger partial charge in [0.1, 0.15) is 5.01 Å². The zero-order chi connectivity index (χ0) is 16.1. The van der Waals surface area contributed by atoms with Crippen molar-refractivity contribution in [2.75, 3.05) is 0 Å². The quantitative estimate of drug-likeness (QED) is 0.616. The zero-order valence-corrected chi connectivity index (χ0v) is 16.0. The number of rotatable bonds is 4. The standard InChI is InChI=1S/C19H21ClN2S2/c20-16-3-1-12(2-4-16)11-23-18-22-21-17(24-18)19-8-13-5-14(9-19)7-15(6-13)10-19/h1-4,13-15H,5-11H2. The highest BCUT2D eigenvalue weighted by Crippen LogP contribution is 2.61. The molecule has 6 rings (SSSR count). The van der Waals surface area contributed by atoms with Crippen LogP contribution in [-0.4, -0.2) is 10.2 Å². The maximum absolute atomic E-state index is 5.95. The molecule has 1 aromatic heterocycles. The third-order valence-electron chi connectivity index (χ3n) is 6.17. The van der Waals surface area contributed by atoms with Crippen LogP contribution in [0.2, 0.25) is 5.02 Å². The molecule has 126 valence electrons. The van der Waals surface area contributed by atoms with Crippen LogP contribution >= 0.6 is 34.7 Å². The van der Waals surface area contributed by atoms with Crippen molar-refractivity contribution in [2.24, 2.45) is 17.8 Å². The molecule has 0 aliphatic heterocycles. The van der Waals surface area contributed by atoms with Gasteiger partial charge < -0.3 is 0 Å². The van der Waals surface area contributed by atoms with E-state index >= 15 is 0 Å². The van der Waals surface area contributed by atoms with Gasteiger partial charge >= 0.3 is 0 Å². The summed E-state index contributed by atoms with van der Waals surface area (Å²) in [5, 5.41) is 11.3. The van der Waals surface area contributed by atoms with Crippen molar-refractivity contribution in [1.82, 2.24) is 10.2 Å². The second-order valence-corrected chi connectivity index (χ2v) is 10.6. The van der Waals surface area contributed by atoms with Gasteiger partial charge in [0.2, 0.25) is 0 Å². The van der Waals surface area contributed by atoms with Crippen molar-refractivity contribution in [2.45, 2.75) is 54.0 Å². The average molecular weight is 377 g/mol. The van der Waals surface area contributed by atoms with E-state index in [0.29, 0.717) is 5.41 Å². The monoisotopic (exact) mass is 376 g/mol. The summed E-state index contributed by atoms with van der Waals surface area (Å²) in [6.07, 6.45) is 8.56. The number of thioether (sulfide) groups is 1. The topological polar surface area (TPSA) is 25.8 Å². The Bertz CT molecular complexity index is 705. The smallest absolute Gasteiger partial charge is 0.142 e. The van der Waals surface area contributed by atoms with Crippen molar-refractivity contribution in [3.05, 3.63) is 39.9 Å². The van der Waals surface area contributed by atoms with E-state index in [9.17, 15) is 0 Å². The summed E-state index contributed by atoms with van der Waals surface area (Å²) < 4.78 is 1.12. The largest absolute Gasteiger partial charge is 0.174 e. The Kier molecular flexibility index (Phi) is 3.91. The van der Waals surface area contributed by atoms with Crippen molar-refractivity contribution in [1.29, 1.82) is 0 Å². The number of hydrogen-bond donors (Lipinski definition) is 0. The summed E-state index contributed by atoms with van der Waals surface area (Å²) >= 11 is 9.62. The summed E-state index contributed by atoms with van der Waals surface area (Å²) in [5.74, 6) is 3.83. The van der Waals surface area contributed by atoms with Crippen molar-refractivity contribution in [3.63, 3.8) is 0 Å². The van der Waals surface area contributed by atoms with E-state index in [0.717, 1.165) is 32.9 Å². The first-order valence-electron chi connectivity index (χ1n) is 8.90. The molecule has 0 radical (unpaired) electrons. The highest BCUT2D eigenvalue weighted by Gasteiger charge is 2.53. The Morgan fingerprint density at radius 3 is 2.25 bits per heavy atom. The number of halogens is 1. The SMILES string of the molecule is Clc1ccc(CSc2nnc(C34CC5CC(CC(C5)C3)C4)s2)cc1. The van der Waals surface area contributed by atoms with Crippen LogP contribution in [0.25, 0.3) is 0 Å². The molecule has 4 aliphatic carbocycles. The molecule has 4 aliphatic rings. The average Bonchev–Trinajstić information content (AvgIpc) is 3.03. The molecule has 0 spiro atoms. The first kappa shape index (κ1) is 15.7. The van der Waals surface area contributed by atoms with Crippen LogP contribution in [0.1, 0.15) is 49.1 Å². The lowest BCUT2D eigenvalue weighted by Gasteiger charge is -2.55. The molecule has 4 bridgehead atoms. The Labute approximate surface area is 156 Å². The zero-order valence-electron chi connectivity index (χ0n) is 13.6. The van der Waals surface area contributed by atoms with E-state index in [2.05, 4.69) is 22.3 Å². The lowest BCUT2D eigenvalue weighted by atomic mass is 9.50. The van der Waals surface area contributed by atoms with Gasteiger partial charge in [-0.15, -0.1) is 10.2 Å². The maximum Gasteiger partial charge on any atom is 0.174 e. The third kappa shape index (κ3) is 2.81. The third-order valence-corrected chi connectivity index (χ3v) is 8.80. The molecule has 1 aromatic carbocycles. The van der Waals surface area contributed by atoms with E-state index < -0.39 is 0 Å². The molecule has 2 aromatic rings. The molecular formula is C19H21ClN2S2. The molecule has 1 heterocycles. The van der Waals surface area contributed by atoms with E-state index in [1.165, 1.54) is 49.1 Å². The van der Waals surface area contributed by atoms with E-state index in [4.69, 9.17) is 11.6 Å². The number of nitrogens with zero attached hydrogens (tertiary/aromatic N) is 2. The van der Waals surface area contributed by atoms with Gasteiger partial charge in [-0.3, -0.25) is 0 Å². The van der Waals surface area contributed by atoms with Gasteiger partial charge in [-0.05, 0) is 74.0 Å². The summed E-state index contributed by atoms with van der Waals surface area (Å²) in [4.78, 5) is 0. The van der Waals surface area contributed by atoms with Crippen LogP contribution in [0.4, 0.5) is 0 Å². The van der Waals surface area contributed by atoms with Crippen molar-refractivity contribution >= 4 is 34.7 Å². The molecular weight excluding hydrogens is 356 g/mol. The molecule has 0 amide bonds. The summed E-state index contributed by atoms with van der Waals surface area (Å²) in [7, 11) is 0. The van der Waals surface area contributed by atoms with Crippen LogP contribution in [-0.2, 0) is 11.2 Å². The summed E-state index contributed by atoms with van der Waals surface area (Å²) in [5.41, 5.74) is 1.67. The van der Waals surface area contributed by atoms with Gasteiger partial charge in [0.15, 0.2) is 4.34 Å². The minimum absolute atomic E-state index is 0.380. The van der Waals surface area contributed by atoms with E-state index in [1.807, 2.05) is 23.5 Å². The Morgan fingerprint density at radius 2 is 1.62 bits per heavy atom. The number of hydrogen-bond acceptors (Lipinski definition) is 4. The van der Waals surface area contributed by atoms with Gasteiger partial charge in [-0.25, -0.2) is 0 Å². The second kappa shape index (κ2) is 6.00. The Balaban J connectivity index is 1.31. The molecule has 4 fully saturated rings. The predicted molar refractivity (Wildman–Crippen MR) is 101 cm³/mol. The molecule has 0 unspecified atom stereocenters. The second-order valence-electron chi connectivity index (χ2n) is 7.99. The van der Waals surface area contributed by atoms with Gasteiger partial charge in [-0.1, -0.05) is 46.8 Å². The molecule has 2 nitrogen and oxygen atoms in total. The summed E-state index contributed by atoms with van der Waals surface area (Å²) in [6.45, 7) is 0. The van der Waals surface area contributed by atoms with Gasteiger partial charge in [0, 0.05) is 16.2 Å². The van der Waals surface area contributed by atoms with Crippen molar-refractivity contribution < 1.29 is 0 Å². The van der Waals surface area contributed by atoms with Crippen LogP contribution in [0.15, 0.2) is 28.6 Å². The highest BCUT2D eigenvalue weighted by molar-refractivity contribution is 8.00. The predicted octanol–water partition coefficient (Wildman–Crippen LogP) is 5.95. The van der Waals surface area contributed by atoms with Gasteiger partial charge in [0.25, 0.3) is 0 Å². The molecule has 24 heavy (non-hydrogen) atoms. The van der Waals surface area contributed by atoms with Gasteiger partial charge in [0.05, 0.1) is 0 Å². The minimum Gasteiger partial charge on any atom is -0.142 e.